The Morgan fingerprint density at radius 1 is 1.32 bits per heavy atom. The van der Waals surface area contributed by atoms with Crippen LogP contribution in [0.15, 0.2) is 0 Å². The van der Waals surface area contributed by atoms with Crippen molar-refractivity contribution in [3.05, 3.63) is 0 Å². The van der Waals surface area contributed by atoms with Crippen molar-refractivity contribution < 1.29 is 9.53 Å². The minimum atomic E-state index is -0.268. The second-order valence-corrected chi connectivity index (χ2v) is 6.43. The lowest BCUT2D eigenvalue weighted by atomic mass is 9.82. The van der Waals surface area contributed by atoms with Gasteiger partial charge in [-0.15, -0.1) is 0 Å². The van der Waals surface area contributed by atoms with E-state index in [9.17, 15) is 4.79 Å². The third-order valence-electron chi connectivity index (χ3n) is 4.18. The van der Waals surface area contributed by atoms with Crippen molar-refractivity contribution in [2.45, 2.75) is 59.4 Å². The lowest BCUT2D eigenvalue weighted by Gasteiger charge is -2.40. The Hall–Kier alpha value is -0.410. The van der Waals surface area contributed by atoms with Crippen LogP contribution in [0.4, 0.5) is 0 Å². The van der Waals surface area contributed by atoms with Gasteiger partial charge in [0.25, 0.3) is 0 Å². The van der Waals surface area contributed by atoms with E-state index < -0.39 is 0 Å². The number of aldehydes is 1. The number of rotatable bonds is 8. The molecule has 1 aliphatic rings. The number of hydrogen-bond acceptors (Lipinski definition) is 3. The van der Waals surface area contributed by atoms with E-state index in [-0.39, 0.29) is 5.41 Å². The van der Waals surface area contributed by atoms with Crippen molar-refractivity contribution >= 4 is 6.29 Å². The van der Waals surface area contributed by atoms with E-state index in [2.05, 4.69) is 32.6 Å². The third-order valence-corrected chi connectivity index (χ3v) is 4.18. The second-order valence-electron chi connectivity index (χ2n) is 6.43. The maximum atomic E-state index is 11.6. The van der Waals surface area contributed by atoms with Crippen LogP contribution in [-0.4, -0.2) is 43.5 Å². The van der Waals surface area contributed by atoms with Crippen LogP contribution < -0.4 is 0 Å². The molecule has 112 valence electrons. The van der Waals surface area contributed by atoms with Crippen molar-refractivity contribution in [1.82, 2.24) is 4.90 Å². The Labute approximate surface area is 118 Å². The molecule has 19 heavy (non-hydrogen) atoms. The fraction of sp³-hybridized carbons (Fsp3) is 0.938. The summed E-state index contributed by atoms with van der Waals surface area (Å²) in [6, 6.07) is 0.584. The van der Waals surface area contributed by atoms with E-state index in [1.807, 2.05) is 0 Å². The van der Waals surface area contributed by atoms with Gasteiger partial charge >= 0.3 is 0 Å². The fourth-order valence-electron chi connectivity index (χ4n) is 3.15. The van der Waals surface area contributed by atoms with E-state index in [0.717, 1.165) is 51.7 Å². The fourth-order valence-corrected chi connectivity index (χ4v) is 3.15. The van der Waals surface area contributed by atoms with Gasteiger partial charge in [0.05, 0.1) is 12.0 Å². The molecule has 1 rings (SSSR count). The smallest absolute Gasteiger partial charge is 0.129 e. The zero-order valence-corrected chi connectivity index (χ0v) is 13.2. The number of carbonyl (C=O) groups excluding carboxylic acids is 1. The molecule has 0 amide bonds. The Morgan fingerprint density at radius 2 is 2.00 bits per heavy atom. The van der Waals surface area contributed by atoms with Crippen LogP contribution in [0.25, 0.3) is 0 Å². The SMILES string of the molecule is CCC(CC)N(CC(C)C)CC1(C=O)CCCOC1. The van der Waals surface area contributed by atoms with Gasteiger partial charge in [0.1, 0.15) is 6.29 Å². The van der Waals surface area contributed by atoms with Gasteiger partial charge in [0.2, 0.25) is 0 Å². The Kier molecular flexibility index (Phi) is 7.01. The molecule has 0 radical (unpaired) electrons. The van der Waals surface area contributed by atoms with Crippen LogP contribution in [0.2, 0.25) is 0 Å². The summed E-state index contributed by atoms with van der Waals surface area (Å²) in [5, 5.41) is 0. The first-order chi connectivity index (χ1) is 9.06. The van der Waals surface area contributed by atoms with Crippen LogP contribution in [0, 0.1) is 11.3 Å². The molecule has 3 nitrogen and oxygen atoms in total. The summed E-state index contributed by atoms with van der Waals surface area (Å²) in [6.07, 6.45) is 5.45. The first kappa shape index (κ1) is 16.6. The van der Waals surface area contributed by atoms with Crippen LogP contribution in [0.5, 0.6) is 0 Å². The molecule has 0 aromatic carbocycles. The molecule has 1 saturated heterocycles. The molecule has 1 unspecified atom stereocenters. The first-order valence-corrected chi connectivity index (χ1v) is 7.85. The summed E-state index contributed by atoms with van der Waals surface area (Å²) in [7, 11) is 0. The van der Waals surface area contributed by atoms with Crippen molar-refractivity contribution in [3.63, 3.8) is 0 Å². The van der Waals surface area contributed by atoms with Gasteiger partial charge in [-0.1, -0.05) is 27.7 Å². The molecule has 0 bridgehead atoms. The highest BCUT2D eigenvalue weighted by Crippen LogP contribution is 2.29. The van der Waals surface area contributed by atoms with E-state index in [0.29, 0.717) is 18.6 Å². The number of carbonyl (C=O) groups is 1. The molecule has 1 heterocycles. The number of ether oxygens (including phenoxy) is 1. The maximum Gasteiger partial charge on any atom is 0.129 e. The summed E-state index contributed by atoms with van der Waals surface area (Å²) in [4.78, 5) is 14.1. The van der Waals surface area contributed by atoms with Gasteiger partial charge in [-0.05, 0) is 31.6 Å². The van der Waals surface area contributed by atoms with Crippen molar-refractivity contribution in [1.29, 1.82) is 0 Å². The van der Waals surface area contributed by atoms with Gasteiger partial charge in [-0.3, -0.25) is 4.90 Å². The molecule has 0 aliphatic carbocycles. The molecule has 0 N–H and O–H groups in total. The zero-order chi connectivity index (χ0) is 14.3. The number of nitrogens with zero attached hydrogens (tertiary/aromatic N) is 1. The molecular weight excluding hydrogens is 238 g/mol. The van der Waals surface area contributed by atoms with Crippen LogP contribution >= 0.6 is 0 Å². The predicted molar refractivity (Wildman–Crippen MR) is 79.3 cm³/mol. The monoisotopic (exact) mass is 269 g/mol. The summed E-state index contributed by atoms with van der Waals surface area (Å²) in [5.74, 6) is 0.633. The summed E-state index contributed by atoms with van der Waals surface area (Å²) >= 11 is 0. The molecular formula is C16H31NO2. The molecule has 3 heteroatoms. The summed E-state index contributed by atoms with van der Waals surface area (Å²) < 4.78 is 5.57. The molecule has 0 saturated carbocycles. The van der Waals surface area contributed by atoms with Crippen molar-refractivity contribution in [2.24, 2.45) is 11.3 Å². The van der Waals surface area contributed by atoms with Gasteiger partial charge < -0.3 is 9.53 Å². The van der Waals surface area contributed by atoms with Crippen molar-refractivity contribution in [3.8, 4) is 0 Å². The van der Waals surface area contributed by atoms with Gasteiger partial charge in [0.15, 0.2) is 0 Å². The lowest BCUT2D eigenvalue weighted by molar-refractivity contribution is -0.126. The normalized spacial score (nSPS) is 24.4. The van der Waals surface area contributed by atoms with Gasteiger partial charge in [-0.25, -0.2) is 0 Å². The zero-order valence-electron chi connectivity index (χ0n) is 13.2. The largest absolute Gasteiger partial charge is 0.380 e. The van der Waals surface area contributed by atoms with Crippen LogP contribution in [-0.2, 0) is 9.53 Å². The highest BCUT2D eigenvalue weighted by Gasteiger charge is 2.36. The molecule has 1 fully saturated rings. The molecule has 1 atom stereocenters. The summed E-state index contributed by atoms with van der Waals surface area (Å²) in [6.45, 7) is 12.3. The van der Waals surface area contributed by atoms with Gasteiger partial charge in [-0.2, -0.15) is 0 Å². The molecule has 0 aromatic heterocycles. The molecule has 1 aliphatic heterocycles. The molecule has 0 spiro atoms. The van der Waals surface area contributed by atoms with E-state index in [1.54, 1.807) is 0 Å². The van der Waals surface area contributed by atoms with E-state index in [1.165, 1.54) is 0 Å². The molecule has 0 aromatic rings. The van der Waals surface area contributed by atoms with Crippen molar-refractivity contribution in [2.75, 3.05) is 26.3 Å². The lowest BCUT2D eigenvalue weighted by Crippen LogP contribution is -2.48. The second kappa shape index (κ2) is 8.01. The average Bonchev–Trinajstić information content (AvgIpc) is 2.40. The van der Waals surface area contributed by atoms with Crippen LogP contribution in [0.1, 0.15) is 53.4 Å². The Bertz CT molecular complexity index is 255. The highest BCUT2D eigenvalue weighted by molar-refractivity contribution is 5.60. The quantitative estimate of drug-likeness (QED) is 0.634. The predicted octanol–water partition coefficient (Wildman–Crippen LogP) is 3.13. The highest BCUT2D eigenvalue weighted by atomic mass is 16.5. The van der Waals surface area contributed by atoms with E-state index >= 15 is 0 Å². The topological polar surface area (TPSA) is 29.5 Å². The average molecular weight is 269 g/mol. The Morgan fingerprint density at radius 3 is 2.42 bits per heavy atom. The van der Waals surface area contributed by atoms with E-state index in [4.69, 9.17) is 4.74 Å². The van der Waals surface area contributed by atoms with Gasteiger partial charge in [0, 0.05) is 25.7 Å². The standard InChI is InChI=1S/C16H31NO2/c1-5-15(6-2)17(10-14(3)4)11-16(12-18)8-7-9-19-13-16/h12,14-15H,5-11,13H2,1-4H3. The summed E-state index contributed by atoms with van der Waals surface area (Å²) in [5.41, 5.74) is -0.268. The number of hydrogen-bond donors (Lipinski definition) is 0. The maximum absolute atomic E-state index is 11.6. The minimum Gasteiger partial charge on any atom is -0.380 e. The Balaban J connectivity index is 2.75. The third kappa shape index (κ3) is 4.88. The first-order valence-electron chi connectivity index (χ1n) is 7.85. The van der Waals surface area contributed by atoms with Crippen LogP contribution in [0.3, 0.4) is 0 Å². The minimum absolute atomic E-state index is 0.268.